The second kappa shape index (κ2) is 8.96. The molecule has 1 aliphatic heterocycles. The molecule has 2 aromatic carbocycles. The molecule has 0 aromatic heterocycles. The molecule has 0 amide bonds. The third-order valence-corrected chi connectivity index (χ3v) is 6.24. The third kappa shape index (κ3) is 5.57. The molecular weight excluding hydrogens is 400 g/mol. The standard InChI is InChI=1S/C20H25F2N3O3S/c1-15-7-8-16(13-19(15)25-10-4-9-24(2)11-12-25)23-29(26,27)18-6-3-5-17(14-18)28-20(21)22/h3,5-8,13-14,20,23H,4,9-12H2,1-2H3. The van der Waals surface area contributed by atoms with Gasteiger partial charge in [-0.05, 0) is 56.8 Å². The van der Waals surface area contributed by atoms with E-state index in [1.807, 2.05) is 19.1 Å². The van der Waals surface area contributed by atoms with Crippen molar-refractivity contribution in [2.24, 2.45) is 0 Å². The molecule has 0 aliphatic carbocycles. The lowest BCUT2D eigenvalue weighted by atomic mass is 10.1. The quantitative estimate of drug-likeness (QED) is 0.767. The van der Waals surface area contributed by atoms with Crippen LogP contribution in [0, 0.1) is 6.92 Å². The van der Waals surface area contributed by atoms with Crippen LogP contribution in [-0.2, 0) is 10.0 Å². The second-order valence-corrected chi connectivity index (χ2v) is 8.79. The lowest BCUT2D eigenvalue weighted by molar-refractivity contribution is -0.0499. The zero-order chi connectivity index (χ0) is 21.0. The third-order valence-electron chi connectivity index (χ3n) is 4.86. The summed E-state index contributed by atoms with van der Waals surface area (Å²) in [6, 6.07) is 10.4. The van der Waals surface area contributed by atoms with Crippen molar-refractivity contribution in [3.05, 3.63) is 48.0 Å². The fourth-order valence-corrected chi connectivity index (χ4v) is 4.42. The normalized spacial score (nSPS) is 16.0. The van der Waals surface area contributed by atoms with E-state index in [1.54, 1.807) is 6.07 Å². The average Bonchev–Trinajstić information content (AvgIpc) is 2.87. The number of benzene rings is 2. The molecule has 29 heavy (non-hydrogen) atoms. The molecule has 0 saturated carbocycles. The number of nitrogens with zero attached hydrogens (tertiary/aromatic N) is 2. The highest BCUT2D eigenvalue weighted by molar-refractivity contribution is 7.92. The molecule has 9 heteroatoms. The number of nitrogens with one attached hydrogen (secondary N) is 1. The van der Waals surface area contributed by atoms with E-state index >= 15 is 0 Å². The monoisotopic (exact) mass is 425 g/mol. The van der Waals surface area contributed by atoms with E-state index in [-0.39, 0.29) is 10.6 Å². The van der Waals surface area contributed by atoms with Crippen LogP contribution in [0.3, 0.4) is 0 Å². The van der Waals surface area contributed by atoms with Crippen molar-refractivity contribution in [3.63, 3.8) is 0 Å². The molecule has 1 N–H and O–H groups in total. The summed E-state index contributed by atoms with van der Waals surface area (Å²) < 4.78 is 57.1. The van der Waals surface area contributed by atoms with Gasteiger partial charge in [0.25, 0.3) is 10.0 Å². The van der Waals surface area contributed by atoms with Crippen molar-refractivity contribution in [2.45, 2.75) is 24.9 Å². The molecule has 6 nitrogen and oxygen atoms in total. The van der Waals surface area contributed by atoms with Crippen LogP contribution < -0.4 is 14.4 Å². The number of hydrogen-bond donors (Lipinski definition) is 1. The molecule has 1 fully saturated rings. The number of sulfonamides is 1. The van der Waals surface area contributed by atoms with Crippen LogP contribution in [0.5, 0.6) is 5.75 Å². The first kappa shape index (κ1) is 21.3. The Morgan fingerprint density at radius 3 is 2.62 bits per heavy atom. The zero-order valence-electron chi connectivity index (χ0n) is 16.4. The van der Waals surface area contributed by atoms with Crippen molar-refractivity contribution in [2.75, 3.05) is 42.8 Å². The van der Waals surface area contributed by atoms with Crippen LogP contribution in [0.1, 0.15) is 12.0 Å². The summed E-state index contributed by atoms with van der Waals surface area (Å²) in [4.78, 5) is 4.39. The number of likely N-dealkylation sites (N-methyl/N-ethyl adjacent to an activating group) is 1. The van der Waals surface area contributed by atoms with E-state index in [2.05, 4.69) is 26.3 Å². The van der Waals surface area contributed by atoms with Crippen molar-refractivity contribution in [1.82, 2.24) is 4.90 Å². The number of alkyl halides is 2. The molecule has 2 aromatic rings. The summed E-state index contributed by atoms with van der Waals surface area (Å²) in [5.41, 5.74) is 2.46. The van der Waals surface area contributed by atoms with Gasteiger partial charge in [-0.1, -0.05) is 12.1 Å². The van der Waals surface area contributed by atoms with Crippen molar-refractivity contribution < 1.29 is 21.9 Å². The van der Waals surface area contributed by atoms with Crippen LogP contribution in [0.4, 0.5) is 20.2 Å². The molecule has 0 atom stereocenters. The van der Waals surface area contributed by atoms with Crippen molar-refractivity contribution in [3.8, 4) is 5.75 Å². The lowest BCUT2D eigenvalue weighted by Gasteiger charge is -2.25. The van der Waals surface area contributed by atoms with E-state index in [1.165, 1.54) is 18.2 Å². The number of anilines is 2. The predicted molar refractivity (Wildman–Crippen MR) is 109 cm³/mol. The average molecular weight is 426 g/mol. The van der Waals surface area contributed by atoms with Gasteiger partial charge in [-0.25, -0.2) is 8.42 Å². The van der Waals surface area contributed by atoms with Gasteiger partial charge >= 0.3 is 6.61 Å². The topological polar surface area (TPSA) is 61.9 Å². The van der Waals surface area contributed by atoms with E-state index in [0.717, 1.165) is 49.9 Å². The van der Waals surface area contributed by atoms with Crippen LogP contribution >= 0.6 is 0 Å². The molecule has 1 aliphatic rings. The number of hydrogen-bond acceptors (Lipinski definition) is 5. The van der Waals surface area contributed by atoms with E-state index in [4.69, 9.17) is 0 Å². The largest absolute Gasteiger partial charge is 0.435 e. The van der Waals surface area contributed by atoms with Crippen LogP contribution in [0.25, 0.3) is 0 Å². The van der Waals surface area contributed by atoms with Gasteiger partial charge in [0, 0.05) is 31.4 Å². The Bertz CT molecular complexity index is 954. The van der Waals surface area contributed by atoms with Gasteiger partial charge in [0.15, 0.2) is 0 Å². The van der Waals surface area contributed by atoms with E-state index < -0.39 is 16.6 Å². The van der Waals surface area contributed by atoms with Crippen LogP contribution in [0.15, 0.2) is 47.4 Å². The molecule has 0 radical (unpaired) electrons. The van der Waals surface area contributed by atoms with Gasteiger partial charge in [0.2, 0.25) is 0 Å². The van der Waals surface area contributed by atoms with Crippen LogP contribution in [0.2, 0.25) is 0 Å². The maximum Gasteiger partial charge on any atom is 0.387 e. The Hall–Kier alpha value is -2.39. The summed E-state index contributed by atoms with van der Waals surface area (Å²) in [7, 11) is -1.86. The fourth-order valence-electron chi connectivity index (χ4n) is 3.33. The molecule has 0 unspecified atom stereocenters. The zero-order valence-corrected chi connectivity index (χ0v) is 17.3. The number of aryl methyl sites for hydroxylation is 1. The Labute approximate surface area is 170 Å². The number of ether oxygens (including phenoxy) is 1. The van der Waals surface area contributed by atoms with Crippen molar-refractivity contribution >= 4 is 21.4 Å². The maximum atomic E-state index is 12.7. The summed E-state index contributed by atoms with van der Waals surface area (Å²) >= 11 is 0. The Morgan fingerprint density at radius 2 is 1.86 bits per heavy atom. The number of rotatable bonds is 6. The SMILES string of the molecule is Cc1ccc(NS(=O)(=O)c2cccc(OC(F)F)c2)cc1N1CCCN(C)CC1. The first-order chi connectivity index (χ1) is 13.7. The molecule has 0 bridgehead atoms. The highest BCUT2D eigenvalue weighted by atomic mass is 32.2. The van der Waals surface area contributed by atoms with E-state index in [9.17, 15) is 17.2 Å². The van der Waals surface area contributed by atoms with Gasteiger partial charge in [0.05, 0.1) is 10.6 Å². The smallest absolute Gasteiger partial charge is 0.387 e. The Balaban J connectivity index is 1.82. The van der Waals surface area contributed by atoms with Gasteiger partial charge in [-0.2, -0.15) is 8.78 Å². The highest BCUT2D eigenvalue weighted by Crippen LogP contribution is 2.28. The van der Waals surface area contributed by atoms with Gasteiger partial charge in [-0.15, -0.1) is 0 Å². The minimum atomic E-state index is -3.95. The maximum absolute atomic E-state index is 12.7. The molecule has 1 saturated heterocycles. The number of halogens is 2. The minimum Gasteiger partial charge on any atom is -0.435 e. The summed E-state index contributed by atoms with van der Waals surface area (Å²) in [5.74, 6) is -0.207. The highest BCUT2D eigenvalue weighted by Gasteiger charge is 2.19. The van der Waals surface area contributed by atoms with Gasteiger partial charge < -0.3 is 14.5 Å². The fraction of sp³-hybridized carbons (Fsp3) is 0.400. The van der Waals surface area contributed by atoms with Crippen LogP contribution in [-0.4, -0.2) is 53.2 Å². The second-order valence-electron chi connectivity index (χ2n) is 7.10. The van der Waals surface area contributed by atoms with E-state index in [0.29, 0.717) is 5.69 Å². The summed E-state index contributed by atoms with van der Waals surface area (Å²) in [6.07, 6.45) is 1.03. The molecule has 158 valence electrons. The summed E-state index contributed by atoms with van der Waals surface area (Å²) in [6.45, 7) is 2.70. The van der Waals surface area contributed by atoms with Gasteiger partial charge in [-0.3, -0.25) is 4.72 Å². The van der Waals surface area contributed by atoms with Gasteiger partial charge in [0.1, 0.15) is 5.75 Å². The molecular formula is C20H25F2N3O3S. The Morgan fingerprint density at radius 1 is 1.07 bits per heavy atom. The molecule has 1 heterocycles. The lowest BCUT2D eigenvalue weighted by Crippen LogP contribution is -2.29. The summed E-state index contributed by atoms with van der Waals surface area (Å²) in [5, 5.41) is 0. The Kier molecular flexibility index (Phi) is 6.59. The minimum absolute atomic E-state index is 0.144. The van der Waals surface area contributed by atoms with Crippen molar-refractivity contribution in [1.29, 1.82) is 0 Å². The molecule has 3 rings (SSSR count). The first-order valence-electron chi connectivity index (χ1n) is 9.36. The molecule has 0 spiro atoms. The first-order valence-corrected chi connectivity index (χ1v) is 10.8. The predicted octanol–water partition coefficient (Wildman–Crippen LogP) is 3.54.